The minimum Gasteiger partial charge on any atom is -0.267 e. The fourth-order valence-electron chi connectivity index (χ4n) is 1.98. The Balaban J connectivity index is 2.22. The van der Waals surface area contributed by atoms with Crippen molar-refractivity contribution in [3.8, 4) is 0 Å². The molecule has 0 radical (unpaired) electrons. The van der Waals surface area contributed by atoms with Crippen molar-refractivity contribution in [2.75, 3.05) is 5.06 Å². The molecule has 0 saturated carbocycles. The van der Waals surface area contributed by atoms with E-state index in [1.807, 2.05) is 66.7 Å². The molecule has 4 heteroatoms. The number of carbonyl (C=O) groups excluding carboxylic acids is 1. The maximum absolute atomic E-state index is 12.2. The molecule has 1 atom stereocenters. The summed E-state index contributed by atoms with van der Waals surface area (Å²) in [5.41, 5.74) is 1.71. The molecule has 0 unspecified atom stereocenters. The van der Waals surface area contributed by atoms with Crippen molar-refractivity contribution in [1.29, 1.82) is 0 Å². The minimum absolute atomic E-state index is 0.334. The summed E-state index contributed by atoms with van der Waals surface area (Å²) in [6, 6.07) is 17.4. The van der Waals surface area contributed by atoms with Crippen molar-refractivity contribution in [1.82, 2.24) is 0 Å². The largest absolute Gasteiger partial charge is 0.274 e. The van der Waals surface area contributed by atoms with Crippen molar-refractivity contribution in [2.24, 2.45) is 0 Å². The predicted octanol–water partition coefficient (Wildman–Crippen LogP) is 5.01. The van der Waals surface area contributed by atoms with Gasteiger partial charge in [-0.05, 0) is 52.4 Å². The summed E-state index contributed by atoms with van der Waals surface area (Å²) in [4.78, 5) is 18.1. The number of benzene rings is 2. The molecule has 0 aliphatic carbocycles. The number of hydrogen-bond acceptors (Lipinski definition) is 2. The number of anilines is 1. The first kappa shape index (κ1) is 18.2. The number of carbonyl (C=O) groups is 1. The lowest BCUT2D eigenvalue weighted by Gasteiger charge is -2.24. The highest BCUT2D eigenvalue weighted by Crippen LogP contribution is 2.24. The smallest absolute Gasteiger partial charge is 0.267 e. The van der Waals surface area contributed by atoms with Crippen LogP contribution in [0.3, 0.4) is 0 Å². The Kier molecular flexibility index (Phi) is 6.96. The second-order valence-corrected chi connectivity index (χ2v) is 6.03. The van der Waals surface area contributed by atoms with E-state index in [0.717, 1.165) is 9.13 Å². The molecule has 0 spiro atoms. The molecule has 2 aromatic rings. The van der Waals surface area contributed by atoms with Crippen molar-refractivity contribution < 1.29 is 9.63 Å². The number of amides is 1. The van der Waals surface area contributed by atoms with Crippen LogP contribution in [0.2, 0.25) is 0 Å². The van der Waals surface area contributed by atoms with Gasteiger partial charge in [0.2, 0.25) is 0 Å². The second-order valence-electron chi connectivity index (χ2n) is 4.86. The van der Waals surface area contributed by atoms with Crippen LogP contribution in [0, 0.1) is 3.57 Å². The normalized spacial score (nSPS) is 11.9. The van der Waals surface area contributed by atoms with Gasteiger partial charge in [0.05, 0.1) is 5.69 Å². The van der Waals surface area contributed by atoms with Gasteiger partial charge in [0.15, 0.2) is 0 Å². The van der Waals surface area contributed by atoms with E-state index in [2.05, 4.69) is 35.7 Å². The summed E-state index contributed by atoms with van der Waals surface area (Å²) in [7, 11) is 0. The van der Waals surface area contributed by atoms with Crippen LogP contribution in [-0.4, -0.2) is 12.0 Å². The zero-order valence-corrected chi connectivity index (χ0v) is 15.3. The first-order valence-electron chi connectivity index (χ1n) is 7.39. The van der Waals surface area contributed by atoms with Crippen molar-refractivity contribution >= 4 is 40.3 Å². The maximum atomic E-state index is 12.2. The quantitative estimate of drug-likeness (QED) is 0.267. The lowest BCUT2D eigenvalue weighted by atomic mass is 10.2. The second kappa shape index (κ2) is 9.20. The van der Waals surface area contributed by atoms with Crippen LogP contribution in [0.5, 0.6) is 0 Å². The number of rotatable bonds is 7. The van der Waals surface area contributed by atoms with Crippen LogP contribution in [0.25, 0.3) is 6.08 Å². The van der Waals surface area contributed by atoms with Gasteiger partial charge in [-0.25, -0.2) is 0 Å². The van der Waals surface area contributed by atoms with E-state index >= 15 is 0 Å². The van der Waals surface area contributed by atoms with Gasteiger partial charge < -0.3 is 0 Å². The number of hydroxylamine groups is 1. The van der Waals surface area contributed by atoms with Gasteiger partial charge >= 0.3 is 0 Å². The lowest BCUT2D eigenvalue weighted by molar-refractivity contribution is -0.121. The van der Waals surface area contributed by atoms with Gasteiger partial charge in [0, 0.05) is 3.57 Å². The average molecular weight is 431 g/mol. The highest BCUT2D eigenvalue weighted by atomic mass is 127. The molecule has 0 bridgehead atoms. The van der Waals surface area contributed by atoms with Gasteiger partial charge in [-0.3, -0.25) is 9.63 Å². The number of halogens is 1. The van der Waals surface area contributed by atoms with E-state index in [0.29, 0.717) is 5.69 Å². The minimum atomic E-state index is -0.454. The third-order valence-electron chi connectivity index (χ3n) is 3.18. The van der Waals surface area contributed by atoms with E-state index < -0.39 is 6.10 Å². The first-order chi connectivity index (χ1) is 11.7. The Morgan fingerprint density at radius 3 is 2.38 bits per heavy atom. The van der Waals surface area contributed by atoms with Crippen LogP contribution in [-0.2, 0) is 9.63 Å². The summed E-state index contributed by atoms with van der Waals surface area (Å²) >= 11 is 2.16. The molecule has 0 saturated heterocycles. The molecule has 0 N–H and O–H groups in total. The molecule has 0 aliphatic heterocycles. The Bertz CT molecular complexity index is 740. The Morgan fingerprint density at radius 1 is 1.08 bits per heavy atom. The Labute approximate surface area is 156 Å². The van der Waals surface area contributed by atoms with Crippen LogP contribution in [0.1, 0.15) is 5.56 Å². The highest BCUT2D eigenvalue weighted by molar-refractivity contribution is 14.1. The summed E-state index contributed by atoms with van der Waals surface area (Å²) in [6.45, 7) is 7.33. The molecule has 24 heavy (non-hydrogen) atoms. The molecular weight excluding hydrogens is 413 g/mol. The van der Waals surface area contributed by atoms with Gasteiger partial charge in [-0.15, -0.1) is 6.58 Å². The lowest BCUT2D eigenvalue weighted by Crippen LogP contribution is -2.33. The molecule has 0 fully saturated rings. The van der Waals surface area contributed by atoms with Crippen LogP contribution in [0.15, 0.2) is 86.0 Å². The standard InChI is InChI=1S/C20H18INO2/c1-3-17(15-14-16-10-6-5-7-11-16)24-22(20(23)4-2)19-13-9-8-12-18(19)21/h3-15,17H,1-2H2/b15-14+/t17-/m0/s1. The zero-order chi connectivity index (χ0) is 17.4. The van der Waals surface area contributed by atoms with Crippen molar-refractivity contribution in [2.45, 2.75) is 6.10 Å². The number of para-hydroxylation sites is 1. The average Bonchev–Trinajstić information content (AvgIpc) is 2.63. The van der Waals surface area contributed by atoms with Crippen LogP contribution < -0.4 is 5.06 Å². The van der Waals surface area contributed by atoms with E-state index in [9.17, 15) is 4.79 Å². The van der Waals surface area contributed by atoms with E-state index in [1.165, 1.54) is 11.1 Å². The van der Waals surface area contributed by atoms with Crippen LogP contribution >= 0.6 is 22.6 Å². The molecule has 2 aromatic carbocycles. The number of nitrogens with zero attached hydrogens (tertiary/aromatic N) is 1. The first-order valence-corrected chi connectivity index (χ1v) is 8.47. The van der Waals surface area contributed by atoms with Crippen LogP contribution in [0.4, 0.5) is 5.69 Å². The summed E-state index contributed by atoms with van der Waals surface area (Å²) in [5.74, 6) is -0.334. The fraction of sp³-hybridized carbons (Fsp3) is 0.0500. The topological polar surface area (TPSA) is 29.5 Å². The van der Waals surface area contributed by atoms with Gasteiger partial charge in [0.25, 0.3) is 5.91 Å². The molecule has 0 heterocycles. The zero-order valence-electron chi connectivity index (χ0n) is 13.1. The highest BCUT2D eigenvalue weighted by Gasteiger charge is 2.19. The molecule has 122 valence electrons. The molecule has 3 nitrogen and oxygen atoms in total. The molecule has 0 aromatic heterocycles. The monoisotopic (exact) mass is 431 g/mol. The van der Waals surface area contributed by atoms with Crippen molar-refractivity contribution in [3.05, 3.63) is 95.1 Å². The molecule has 0 aliphatic rings. The summed E-state index contributed by atoms with van der Waals surface area (Å²) < 4.78 is 0.903. The fourth-order valence-corrected chi connectivity index (χ4v) is 2.58. The Hall–Kier alpha value is -2.18. The SMILES string of the molecule is C=CC(=O)N(O[C@@H](C=C)/C=C/c1ccccc1)c1ccccc1I. The predicted molar refractivity (Wildman–Crippen MR) is 107 cm³/mol. The van der Waals surface area contributed by atoms with Gasteiger partial charge in [0.1, 0.15) is 6.10 Å². The van der Waals surface area contributed by atoms with E-state index in [-0.39, 0.29) is 5.91 Å². The van der Waals surface area contributed by atoms with E-state index in [1.54, 1.807) is 6.08 Å². The van der Waals surface area contributed by atoms with Gasteiger partial charge in [-0.1, -0.05) is 61.2 Å². The van der Waals surface area contributed by atoms with E-state index in [4.69, 9.17) is 4.84 Å². The van der Waals surface area contributed by atoms with Crippen molar-refractivity contribution in [3.63, 3.8) is 0 Å². The van der Waals surface area contributed by atoms with Gasteiger partial charge in [-0.2, -0.15) is 5.06 Å². The summed E-state index contributed by atoms with van der Waals surface area (Å²) in [6.07, 6.45) is 6.19. The third-order valence-corrected chi connectivity index (χ3v) is 4.10. The molecular formula is C20H18INO2. The number of hydrogen-bond donors (Lipinski definition) is 0. The Morgan fingerprint density at radius 2 is 1.75 bits per heavy atom. The molecule has 2 rings (SSSR count). The third kappa shape index (κ3) is 4.91. The maximum Gasteiger partial charge on any atom is 0.274 e. The summed E-state index contributed by atoms with van der Waals surface area (Å²) in [5, 5.41) is 1.25. The molecule has 1 amide bonds.